The van der Waals surface area contributed by atoms with Crippen molar-refractivity contribution in [2.75, 3.05) is 36.8 Å². The zero-order chi connectivity index (χ0) is 39.9. The number of piperidine rings is 2. The van der Waals surface area contributed by atoms with Crippen LogP contribution in [0.5, 0.6) is 0 Å². The number of anilines is 2. The molecule has 1 unspecified atom stereocenters. The highest BCUT2D eigenvalue weighted by Crippen LogP contribution is 2.32. The van der Waals surface area contributed by atoms with Crippen molar-refractivity contribution < 1.29 is 38.4 Å². The molecule has 0 saturated carbocycles. The maximum atomic E-state index is 13.2. The van der Waals surface area contributed by atoms with Gasteiger partial charge in [0.15, 0.2) is 0 Å². The van der Waals surface area contributed by atoms with Crippen molar-refractivity contribution >= 4 is 81.8 Å². The molecule has 3 aliphatic rings. The zero-order valence-corrected chi connectivity index (χ0v) is 31.6. The average Bonchev–Trinajstić information content (AvgIpc) is 3.74. The molecule has 3 aromatic rings. The van der Waals surface area contributed by atoms with E-state index in [1.54, 1.807) is 23.1 Å². The van der Waals surface area contributed by atoms with E-state index in [9.17, 15) is 38.4 Å². The van der Waals surface area contributed by atoms with Gasteiger partial charge in [-0.25, -0.2) is 0 Å². The SMILES string of the molecule is O=C(CCC(=O)N1CCC(NC(=O)c2[nH]ncc2NC(=O)c2c(Cl)cccc2Cl)CC1)NCCCCNc1cccc2c1C(=O)N(C1CCC(=O)NC1=O)C2=O. The number of carbonyl (C=O) groups excluding carboxylic acids is 8. The molecule has 8 amide bonds. The molecular formula is C37H39Cl2N9O8. The number of amides is 8. The first-order chi connectivity index (χ1) is 26.9. The van der Waals surface area contributed by atoms with Crippen molar-refractivity contribution in [2.24, 2.45) is 0 Å². The monoisotopic (exact) mass is 807 g/mol. The molecule has 19 heteroatoms. The number of nitrogens with one attached hydrogen (secondary N) is 6. The third-order valence-corrected chi connectivity index (χ3v) is 10.4. The predicted octanol–water partition coefficient (Wildman–Crippen LogP) is 2.88. The highest BCUT2D eigenvalue weighted by atomic mass is 35.5. The Bertz CT molecular complexity index is 2060. The number of unbranched alkanes of at least 4 members (excludes halogenated alkanes) is 1. The normalized spacial score (nSPS) is 17.0. The van der Waals surface area contributed by atoms with Gasteiger partial charge in [0, 0.05) is 57.2 Å². The van der Waals surface area contributed by atoms with Crippen LogP contribution in [-0.2, 0) is 19.2 Å². The van der Waals surface area contributed by atoms with Gasteiger partial charge in [-0.3, -0.25) is 53.7 Å². The first kappa shape index (κ1) is 39.9. The number of rotatable bonds is 14. The third kappa shape index (κ3) is 9.00. The van der Waals surface area contributed by atoms with E-state index in [0.717, 1.165) is 4.90 Å². The summed E-state index contributed by atoms with van der Waals surface area (Å²) in [5, 5.41) is 20.5. The molecule has 294 valence electrons. The Morgan fingerprint density at radius 1 is 0.839 bits per heavy atom. The molecular weight excluding hydrogens is 769 g/mol. The van der Waals surface area contributed by atoms with Gasteiger partial charge in [0.1, 0.15) is 11.7 Å². The van der Waals surface area contributed by atoms with Crippen LogP contribution in [0.4, 0.5) is 11.4 Å². The second kappa shape index (κ2) is 17.8. The molecule has 1 aromatic heterocycles. The zero-order valence-electron chi connectivity index (χ0n) is 30.0. The van der Waals surface area contributed by atoms with Crippen LogP contribution in [0.2, 0.25) is 10.0 Å². The number of aromatic amines is 1. The first-order valence-electron chi connectivity index (χ1n) is 18.2. The number of halogens is 2. The number of hydrogen-bond acceptors (Lipinski definition) is 10. The summed E-state index contributed by atoms with van der Waals surface area (Å²) in [7, 11) is 0. The van der Waals surface area contributed by atoms with E-state index in [-0.39, 0.29) is 81.7 Å². The molecule has 3 aliphatic heterocycles. The van der Waals surface area contributed by atoms with Gasteiger partial charge in [0.05, 0.1) is 38.6 Å². The fraction of sp³-hybridized carbons (Fsp3) is 0.378. The molecule has 2 fully saturated rings. The summed E-state index contributed by atoms with van der Waals surface area (Å²) < 4.78 is 0. The highest BCUT2D eigenvalue weighted by Gasteiger charge is 2.45. The van der Waals surface area contributed by atoms with Crippen LogP contribution in [-0.4, -0.2) is 106 Å². The van der Waals surface area contributed by atoms with E-state index < -0.39 is 41.5 Å². The fourth-order valence-corrected chi connectivity index (χ4v) is 7.38. The van der Waals surface area contributed by atoms with Gasteiger partial charge in [-0.15, -0.1) is 0 Å². The molecule has 2 aromatic carbocycles. The van der Waals surface area contributed by atoms with Crippen molar-refractivity contribution in [1.29, 1.82) is 0 Å². The summed E-state index contributed by atoms with van der Waals surface area (Å²) in [5.74, 6) is -3.78. The maximum absolute atomic E-state index is 13.2. The molecule has 0 bridgehead atoms. The predicted molar refractivity (Wildman–Crippen MR) is 203 cm³/mol. The van der Waals surface area contributed by atoms with Gasteiger partial charge in [0.25, 0.3) is 23.6 Å². The third-order valence-electron chi connectivity index (χ3n) is 9.76. The van der Waals surface area contributed by atoms with Crippen LogP contribution >= 0.6 is 23.2 Å². The molecule has 0 radical (unpaired) electrons. The minimum absolute atomic E-state index is 0.0252. The summed E-state index contributed by atoms with van der Waals surface area (Å²) in [6, 6.07) is 8.24. The van der Waals surface area contributed by atoms with Crippen LogP contribution in [0.1, 0.15) is 92.9 Å². The summed E-state index contributed by atoms with van der Waals surface area (Å²) in [5.41, 5.74) is 1.10. The molecule has 17 nitrogen and oxygen atoms in total. The molecule has 0 aliphatic carbocycles. The number of nitrogens with zero attached hydrogens (tertiary/aromatic N) is 3. The number of hydrogen-bond donors (Lipinski definition) is 6. The maximum Gasteiger partial charge on any atom is 0.271 e. The minimum Gasteiger partial charge on any atom is -0.384 e. The number of benzene rings is 2. The molecule has 6 rings (SSSR count). The average molecular weight is 809 g/mol. The number of likely N-dealkylation sites (tertiary alicyclic amines) is 1. The number of fused-ring (bicyclic) bond motifs is 1. The van der Waals surface area contributed by atoms with Gasteiger partial charge < -0.3 is 26.2 Å². The van der Waals surface area contributed by atoms with Gasteiger partial charge >= 0.3 is 0 Å². The molecule has 2 saturated heterocycles. The number of carbonyl (C=O) groups is 8. The minimum atomic E-state index is -1.05. The second-order valence-corrected chi connectivity index (χ2v) is 14.3. The lowest BCUT2D eigenvalue weighted by Gasteiger charge is -2.32. The lowest BCUT2D eigenvalue weighted by atomic mass is 10.0. The van der Waals surface area contributed by atoms with Gasteiger partial charge in [0.2, 0.25) is 23.6 Å². The van der Waals surface area contributed by atoms with Crippen molar-refractivity contribution in [3.63, 3.8) is 0 Å². The van der Waals surface area contributed by atoms with Crippen molar-refractivity contribution in [1.82, 2.24) is 35.9 Å². The van der Waals surface area contributed by atoms with Crippen LogP contribution < -0.4 is 26.6 Å². The Morgan fingerprint density at radius 3 is 2.29 bits per heavy atom. The van der Waals surface area contributed by atoms with Crippen LogP contribution in [0.3, 0.4) is 0 Å². The van der Waals surface area contributed by atoms with E-state index in [1.807, 2.05) is 0 Å². The molecule has 6 N–H and O–H groups in total. The standard InChI is InChI=1S/C37H39Cl2N9O8/c38-22-6-4-7-23(39)31(22)34(53)44-25-19-42-46-32(25)35(54)43-20-13-17-47(18-14-20)29(51)12-11-27(49)41-16-2-1-15-40-24-8-3-5-21-30(24)37(56)48(36(21)55)26-9-10-28(50)45-33(26)52/h3-8,19-20,26,40H,1-2,9-18H2,(H,41,49)(H,42,46)(H,43,54)(H,44,53)(H,45,50,52). The molecule has 1 atom stereocenters. The van der Waals surface area contributed by atoms with Gasteiger partial charge in [-0.1, -0.05) is 35.3 Å². The van der Waals surface area contributed by atoms with Crippen LogP contribution in [0, 0.1) is 0 Å². The van der Waals surface area contributed by atoms with E-state index in [1.165, 1.54) is 24.4 Å². The summed E-state index contributed by atoms with van der Waals surface area (Å²) >= 11 is 12.3. The Morgan fingerprint density at radius 2 is 1.55 bits per heavy atom. The summed E-state index contributed by atoms with van der Waals surface area (Å²) in [6.07, 6.45) is 3.71. The lowest BCUT2D eigenvalue weighted by Crippen LogP contribution is -2.54. The Kier molecular flexibility index (Phi) is 12.6. The van der Waals surface area contributed by atoms with Crippen LogP contribution in [0.25, 0.3) is 0 Å². The van der Waals surface area contributed by atoms with E-state index in [2.05, 4.69) is 36.8 Å². The fourth-order valence-electron chi connectivity index (χ4n) is 6.81. The summed E-state index contributed by atoms with van der Waals surface area (Å²) in [6.45, 7) is 1.62. The number of aromatic nitrogens is 2. The van der Waals surface area contributed by atoms with Crippen LogP contribution in [0.15, 0.2) is 42.6 Å². The topological polar surface area (TPSA) is 232 Å². The van der Waals surface area contributed by atoms with E-state index in [0.29, 0.717) is 57.5 Å². The second-order valence-electron chi connectivity index (χ2n) is 13.5. The number of imide groups is 2. The lowest BCUT2D eigenvalue weighted by molar-refractivity contribution is -0.136. The Balaban J connectivity index is 0.862. The largest absolute Gasteiger partial charge is 0.384 e. The molecule has 4 heterocycles. The Labute approximate surface area is 330 Å². The highest BCUT2D eigenvalue weighted by molar-refractivity contribution is 6.40. The molecule has 0 spiro atoms. The number of H-pyrrole nitrogens is 1. The van der Waals surface area contributed by atoms with E-state index >= 15 is 0 Å². The smallest absolute Gasteiger partial charge is 0.271 e. The van der Waals surface area contributed by atoms with Crippen molar-refractivity contribution in [3.8, 4) is 0 Å². The van der Waals surface area contributed by atoms with Crippen molar-refractivity contribution in [2.45, 2.75) is 63.5 Å². The van der Waals surface area contributed by atoms with Gasteiger partial charge in [-0.05, 0) is 56.4 Å². The molecule has 56 heavy (non-hydrogen) atoms. The summed E-state index contributed by atoms with van der Waals surface area (Å²) in [4.78, 5) is 104. The van der Waals surface area contributed by atoms with Gasteiger partial charge in [-0.2, -0.15) is 5.10 Å². The first-order valence-corrected chi connectivity index (χ1v) is 18.9. The van der Waals surface area contributed by atoms with E-state index in [4.69, 9.17) is 23.2 Å². The quantitative estimate of drug-likeness (QED) is 0.103. The van der Waals surface area contributed by atoms with Crippen molar-refractivity contribution in [3.05, 3.63) is 75.0 Å². The Hall–Kier alpha value is -5.81.